The zero-order valence-electron chi connectivity index (χ0n) is 16.4. The molecule has 3 rings (SSSR count). The number of nitrogens with one attached hydrogen (secondary N) is 3. The van der Waals surface area contributed by atoms with Crippen molar-refractivity contribution in [1.29, 1.82) is 0 Å². The number of amides is 2. The number of nitrogens with zero attached hydrogens (tertiary/aromatic N) is 2. The predicted octanol–water partition coefficient (Wildman–Crippen LogP) is 1.56. The van der Waals surface area contributed by atoms with Gasteiger partial charge in [0, 0.05) is 12.2 Å². The topological polar surface area (TPSA) is 104 Å². The Bertz CT molecular complexity index is 858. The Morgan fingerprint density at radius 3 is 2.90 bits per heavy atom. The van der Waals surface area contributed by atoms with Crippen LogP contribution in [0.15, 0.2) is 64.2 Å². The van der Waals surface area contributed by atoms with Crippen LogP contribution < -0.4 is 16.0 Å². The molecule has 152 valence electrons. The highest BCUT2D eigenvalue weighted by atomic mass is 16.5. The molecule has 2 aliphatic rings. The lowest BCUT2D eigenvalue weighted by atomic mass is 9.94. The van der Waals surface area contributed by atoms with E-state index >= 15 is 0 Å². The Labute approximate surface area is 169 Å². The number of urea groups is 1. The van der Waals surface area contributed by atoms with Crippen LogP contribution in [-0.2, 0) is 16.0 Å². The summed E-state index contributed by atoms with van der Waals surface area (Å²) in [5.74, 6) is 0.698. The van der Waals surface area contributed by atoms with E-state index in [4.69, 9.17) is 0 Å². The van der Waals surface area contributed by atoms with Crippen molar-refractivity contribution in [1.82, 2.24) is 16.0 Å². The number of fused-ring (bicyclic) bond motifs is 1. The maximum Gasteiger partial charge on any atom is 0.327 e. The Kier molecular flexibility index (Phi) is 7.16. The summed E-state index contributed by atoms with van der Waals surface area (Å²) in [5.41, 5.74) is 2.12. The van der Waals surface area contributed by atoms with E-state index < -0.39 is 5.97 Å². The SMILES string of the molecule is COC(=O)CN=C1N=C(CNC(=O)NCCc2ccccc2)NC2=CC=CCC21. The number of aliphatic imine (C=N–C) groups is 2. The van der Waals surface area contributed by atoms with Crippen molar-refractivity contribution in [2.24, 2.45) is 15.9 Å². The van der Waals surface area contributed by atoms with Crippen molar-refractivity contribution in [3.63, 3.8) is 0 Å². The maximum atomic E-state index is 12.1. The first-order chi connectivity index (χ1) is 14.2. The normalized spacial score (nSPS) is 18.8. The minimum atomic E-state index is -0.416. The second-order valence-corrected chi connectivity index (χ2v) is 6.62. The number of carbonyl (C=O) groups is 2. The number of hydrogen-bond acceptors (Lipinski definition) is 5. The van der Waals surface area contributed by atoms with Gasteiger partial charge in [-0.05, 0) is 24.5 Å². The molecule has 8 heteroatoms. The largest absolute Gasteiger partial charge is 0.468 e. The summed E-state index contributed by atoms with van der Waals surface area (Å²) in [4.78, 5) is 32.3. The van der Waals surface area contributed by atoms with Crippen LogP contribution in [0, 0.1) is 5.92 Å². The van der Waals surface area contributed by atoms with Gasteiger partial charge in [0.2, 0.25) is 0 Å². The Hall–Kier alpha value is -3.42. The summed E-state index contributed by atoms with van der Waals surface area (Å²) in [6, 6.07) is 9.70. The van der Waals surface area contributed by atoms with E-state index in [2.05, 4.69) is 30.7 Å². The number of hydrogen-bond donors (Lipinski definition) is 3. The summed E-state index contributed by atoms with van der Waals surface area (Å²) < 4.78 is 4.65. The summed E-state index contributed by atoms with van der Waals surface area (Å²) in [5, 5.41) is 8.88. The molecule has 0 saturated heterocycles. The second kappa shape index (κ2) is 10.2. The molecule has 0 bridgehead atoms. The Morgan fingerprint density at radius 1 is 1.28 bits per heavy atom. The molecule has 0 aromatic heterocycles. The van der Waals surface area contributed by atoms with Crippen LogP contribution in [0.4, 0.5) is 4.79 Å². The van der Waals surface area contributed by atoms with Crippen molar-refractivity contribution < 1.29 is 14.3 Å². The monoisotopic (exact) mass is 395 g/mol. The van der Waals surface area contributed by atoms with E-state index in [0.717, 1.165) is 18.5 Å². The van der Waals surface area contributed by atoms with Gasteiger partial charge in [-0.1, -0.05) is 42.5 Å². The quantitative estimate of drug-likeness (QED) is 0.610. The molecule has 1 atom stereocenters. The van der Waals surface area contributed by atoms with Gasteiger partial charge in [-0.3, -0.25) is 9.79 Å². The first-order valence-corrected chi connectivity index (χ1v) is 9.54. The fraction of sp³-hybridized carbons (Fsp3) is 0.333. The number of carbonyl (C=O) groups excluding carboxylic acids is 2. The third-order valence-electron chi connectivity index (χ3n) is 4.57. The van der Waals surface area contributed by atoms with E-state index in [1.165, 1.54) is 12.7 Å². The van der Waals surface area contributed by atoms with Gasteiger partial charge in [0.05, 0.1) is 19.6 Å². The van der Waals surface area contributed by atoms with E-state index in [9.17, 15) is 9.59 Å². The lowest BCUT2D eigenvalue weighted by Crippen LogP contribution is -2.46. The van der Waals surface area contributed by atoms with Gasteiger partial charge >= 0.3 is 12.0 Å². The third kappa shape index (κ3) is 6.03. The molecule has 1 heterocycles. The van der Waals surface area contributed by atoms with Crippen molar-refractivity contribution in [3.05, 3.63) is 59.8 Å². The molecular formula is C21H25N5O3. The van der Waals surface area contributed by atoms with E-state index in [1.807, 2.05) is 48.6 Å². The molecule has 1 unspecified atom stereocenters. The van der Waals surface area contributed by atoms with Gasteiger partial charge in [-0.15, -0.1) is 0 Å². The Morgan fingerprint density at radius 2 is 2.10 bits per heavy atom. The van der Waals surface area contributed by atoms with Gasteiger partial charge in [0.1, 0.15) is 18.2 Å². The van der Waals surface area contributed by atoms with Crippen molar-refractivity contribution in [2.75, 3.05) is 26.7 Å². The highest BCUT2D eigenvalue weighted by Crippen LogP contribution is 2.23. The van der Waals surface area contributed by atoms with E-state index in [1.54, 1.807) is 0 Å². The zero-order valence-corrected chi connectivity index (χ0v) is 16.4. The lowest BCUT2D eigenvalue weighted by molar-refractivity contribution is -0.138. The van der Waals surface area contributed by atoms with Gasteiger partial charge in [0.15, 0.2) is 0 Å². The van der Waals surface area contributed by atoms with Crippen LogP contribution in [0.2, 0.25) is 0 Å². The number of benzene rings is 1. The molecule has 0 saturated carbocycles. The molecule has 8 nitrogen and oxygen atoms in total. The van der Waals surface area contributed by atoms with Crippen LogP contribution >= 0.6 is 0 Å². The molecule has 1 aliphatic heterocycles. The molecular weight excluding hydrogens is 370 g/mol. The average Bonchev–Trinajstić information content (AvgIpc) is 2.76. The fourth-order valence-corrected chi connectivity index (χ4v) is 3.04. The molecule has 1 aromatic carbocycles. The first kappa shape index (κ1) is 20.3. The van der Waals surface area contributed by atoms with E-state index in [0.29, 0.717) is 18.2 Å². The predicted molar refractivity (Wildman–Crippen MR) is 112 cm³/mol. The number of allylic oxidation sites excluding steroid dienone is 3. The number of ether oxygens (including phenoxy) is 1. The van der Waals surface area contributed by atoms with Crippen LogP contribution in [0.25, 0.3) is 0 Å². The zero-order chi connectivity index (χ0) is 20.5. The number of esters is 1. The summed E-state index contributed by atoms with van der Waals surface area (Å²) >= 11 is 0. The van der Waals surface area contributed by atoms with Crippen LogP contribution in [0.3, 0.4) is 0 Å². The highest BCUT2D eigenvalue weighted by Gasteiger charge is 2.27. The molecule has 29 heavy (non-hydrogen) atoms. The fourth-order valence-electron chi connectivity index (χ4n) is 3.04. The Balaban J connectivity index is 1.54. The summed E-state index contributed by atoms with van der Waals surface area (Å²) in [6.45, 7) is 0.686. The average molecular weight is 395 g/mol. The molecule has 2 amide bonds. The summed E-state index contributed by atoms with van der Waals surface area (Å²) in [7, 11) is 1.33. The van der Waals surface area contributed by atoms with Crippen molar-refractivity contribution >= 4 is 23.7 Å². The van der Waals surface area contributed by atoms with Crippen LogP contribution in [0.5, 0.6) is 0 Å². The second-order valence-electron chi connectivity index (χ2n) is 6.62. The van der Waals surface area contributed by atoms with Gasteiger partial charge in [-0.25, -0.2) is 9.79 Å². The lowest BCUT2D eigenvalue weighted by Gasteiger charge is -2.28. The van der Waals surface area contributed by atoms with Crippen molar-refractivity contribution in [3.8, 4) is 0 Å². The minimum Gasteiger partial charge on any atom is -0.468 e. The van der Waals surface area contributed by atoms with Crippen LogP contribution in [-0.4, -0.2) is 50.4 Å². The van der Waals surface area contributed by atoms with E-state index in [-0.39, 0.29) is 25.0 Å². The molecule has 0 spiro atoms. The summed E-state index contributed by atoms with van der Waals surface area (Å²) in [6.07, 6.45) is 7.46. The van der Waals surface area contributed by atoms with Crippen molar-refractivity contribution in [2.45, 2.75) is 12.8 Å². The molecule has 3 N–H and O–H groups in total. The van der Waals surface area contributed by atoms with Gasteiger partial charge in [-0.2, -0.15) is 0 Å². The highest BCUT2D eigenvalue weighted by molar-refractivity contribution is 6.05. The molecule has 0 radical (unpaired) electrons. The number of methoxy groups -OCH3 is 1. The smallest absolute Gasteiger partial charge is 0.327 e. The van der Waals surface area contributed by atoms with Gasteiger partial charge < -0.3 is 20.7 Å². The minimum absolute atomic E-state index is 0.0203. The third-order valence-corrected chi connectivity index (χ3v) is 4.57. The first-order valence-electron chi connectivity index (χ1n) is 9.54. The molecule has 1 aromatic rings. The molecule has 1 aliphatic carbocycles. The molecule has 0 fully saturated rings. The standard InChI is InChI=1S/C21H25N5O3/c1-29-19(27)14-23-20-16-9-5-6-10-17(16)25-18(26-20)13-24-21(28)22-12-11-15-7-3-2-4-8-15/h2-8,10,16H,9,11-14H2,1H3,(H2,22,24,28)(H,23,25,26). The number of rotatable bonds is 7. The van der Waals surface area contributed by atoms with Gasteiger partial charge in [0.25, 0.3) is 0 Å². The maximum absolute atomic E-state index is 12.1. The number of amidine groups is 2. The van der Waals surface area contributed by atoms with Crippen LogP contribution in [0.1, 0.15) is 12.0 Å².